The Morgan fingerprint density at radius 2 is 2.04 bits per heavy atom. The molecule has 8 heteroatoms. The van der Waals surface area contributed by atoms with Crippen LogP contribution in [-0.2, 0) is 6.54 Å². The molecule has 2 aromatic heterocycles. The summed E-state index contributed by atoms with van der Waals surface area (Å²) in [6, 6.07) is 4.98. The van der Waals surface area contributed by atoms with Gasteiger partial charge in [-0.3, -0.25) is 29.0 Å². The zero-order valence-corrected chi connectivity index (χ0v) is 14.5. The Bertz CT molecular complexity index is 842. The number of nitrogen functional groups attached to an aromatic ring is 1. The molecule has 0 saturated heterocycles. The zero-order chi connectivity index (χ0) is 18.4. The fraction of sp³-hybridized carbons (Fsp3) is 0.412. The number of H-pyrrole nitrogens is 1. The van der Waals surface area contributed by atoms with Crippen LogP contribution in [0.15, 0.2) is 34.0 Å². The van der Waals surface area contributed by atoms with Crippen molar-refractivity contribution in [3.8, 4) is 0 Å². The number of hydrogen-bond acceptors (Lipinski definition) is 5. The first-order valence-corrected chi connectivity index (χ1v) is 8.36. The van der Waals surface area contributed by atoms with Crippen molar-refractivity contribution in [3.63, 3.8) is 0 Å². The summed E-state index contributed by atoms with van der Waals surface area (Å²) in [7, 11) is 0. The molecule has 8 nitrogen and oxygen atoms in total. The van der Waals surface area contributed by atoms with Gasteiger partial charge in [0.25, 0.3) is 11.5 Å². The molecule has 0 fully saturated rings. The van der Waals surface area contributed by atoms with Gasteiger partial charge < -0.3 is 5.73 Å². The molecule has 0 aliphatic rings. The van der Waals surface area contributed by atoms with Gasteiger partial charge in [0.2, 0.25) is 0 Å². The van der Waals surface area contributed by atoms with E-state index in [2.05, 4.69) is 9.97 Å². The minimum Gasteiger partial charge on any atom is -0.383 e. The quantitative estimate of drug-likeness (QED) is 0.786. The summed E-state index contributed by atoms with van der Waals surface area (Å²) >= 11 is 0. The first kappa shape index (κ1) is 18.4. The van der Waals surface area contributed by atoms with Crippen molar-refractivity contribution in [2.24, 2.45) is 0 Å². The van der Waals surface area contributed by atoms with Gasteiger partial charge in [0.1, 0.15) is 11.5 Å². The zero-order valence-electron chi connectivity index (χ0n) is 14.5. The first-order valence-electron chi connectivity index (χ1n) is 8.36. The normalized spacial score (nSPS) is 10.6. The van der Waals surface area contributed by atoms with E-state index in [9.17, 15) is 14.4 Å². The van der Waals surface area contributed by atoms with Gasteiger partial charge in [-0.1, -0.05) is 26.3 Å². The number of pyridine rings is 1. The van der Waals surface area contributed by atoms with Crippen LogP contribution >= 0.6 is 0 Å². The summed E-state index contributed by atoms with van der Waals surface area (Å²) in [5.41, 5.74) is 5.05. The van der Waals surface area contributed by atoms with Crippen molar-refractivity contribution >= 4 is 17.4 Å². The molecular weight excluding hydrogens is 322 g/mol. The molecule has 1 amide bonds. The van der Waals surface area contributed by atoms with E-state index in [0.29, 0.717) is 25.9 Å². The van der Waals surface area contributed by atoms with Gasteiger partial charge in [-0.15, -0.1) is 0 Å². The second-order valence-electron chi connectivity index (χ2n) is 5.67. The lowest BCUT2D eigenvalue weighted by Gasteiger charge is -2.24. The van der Waals surface area contributed by atoms with Crippen molar-refractivity contribution in [2.45, 2.75) is 39.7 Å². The lowest BCUT2D eigenvalue weighted by molar-refractivity contribution is 0.0981. The Balaban J connectivity index is 2.59. The van der Waals surface area contributed by atoms with Gasteiger partial charge in [0.15, 0.2) is 5.69 Å². The van der Waals surface area contributed by atoms with E-state index in [1.807, 2.05) is 13.8 Å². The molecular formula is C17H23N5O3. The average Bonchev–Trinajstić information content (AvgIpc) is 2.61. The predicted octanol–water partition coefficient (Wildman–Crippen LogP) is 1.37. The van der Waals surface area contributed by atoms with Crippen molar-refractivity contribution in [3.05, 3.63) is 50.9 Å². The molecule has 134 valence electrons. The fourth-order valence-corrected chi connectivity index (χ4v) is 2.54. The molecule has 0 radical (unpaired) electrons. The molecule has 2 aromatic rings. The fourth-order valence-electron chi connectivity index (χ4n) is 2.54. The molecule has 0 aromatic carbocycles. The van der Waals surface area contributed by atoms with Gasteiger partial charge >= 0.3 is 5.69 Å². The summed E-state index contributed by atoms with van der Waals surface area (Å²) in [5.74, 6) is -0.427. The van der Waals surface area contributed by atoms with Crippen LogP contribution in [0.4, 0.5) is 11.5 Å². The maximum atomic E-state index is 12.9. The molecule has 0 saturated carbocycles. The van der Waals surface area contributed by atoms with Gasteiger partial charge in [-0.05, 0) is 25.0 Å². The van der Waals surface area contributed by atoms with Crippen LogP contribution in [0.5, 0.6) is 0 Å². The molecule has 0 spiro atoms. The van der Waals surface area contributed by atoms with Crippen molar-refractivity contribution < 1.29 is 4.79 Å². The number of carbonyl (C=O) groups excluding carboxylic acids is 1. The summed E-state index contributed by atoms with van der Waals surface area (Å²) in [6.07, 6.45) is 3.69. The molecule has 0 unspecified atom stereocenters. The maximum Gasteiger partial charge on any atom is 0.330 e. The highest BCUT2D eigenvalue weighted by atomic mass is 16.2. The summed E-state index contributed by atoms with van der Waals surface area (Å²) in [6.45, 7) is 4.54. The Hall–Kier alpha value is -2.90. The Labute approximate surface area is 145 Å². The monoisotopic (exact) mass is 345 g/mol. The van der Waals surface area contributed by atoms with E-state index in [-0.39, 0.29) is 17.2 Å². The van der Waals surface area contributed by atoms with Crippen LogP contribution in [0.2, 0.25) is 0 Å². The highest BCUT2D eigenvalue weighted by Gasteiger charge is 2.25. The highest BCUT2D eigenvalue weighted by Crippen LogP contribution is 2.19. The highest BCUT2D eigenvalue weighted by molar-refractivity contribution is 6.05. The molecule has 3 N–H and O–H groups in total. The van der Waals surface area contributed by atoms with Crippen LogP contribution < -0.4 is 21.9 Å². The van der Waals surface area contributed by atoms with Crippen LogP contribution in [0.1, 0.15) is 43.6 Å². The third kappa shape index (κ3) is 3.96. The summed E-state index contributed by atoms with van der Waals surface area (Å²) < 4.78 is 1.28. The first-order chi connectivity index (χ1) is 12.0. The van der Waals surface area contributed by atoms with E-state index in [0.717, 1.165) is 6.42 Å². The number of unbranched alkanes of at least 4 members (excludes halogenated alkanes) is 1. The van der Waals surface area contributed by atoms with E-state index in [4.69, 9.17) is 5.73 Å². The second kappa shape index (κ2) is 8.27. The predicted molar refractivity (Wildman–Crippen MR) is 96.8 cm³/mol. The number of amides is 1. The topological polar surface area (TPSA) is 114 Å². The largest absolute Gasteiger partial charge is 0.383 e. The van der Waals surface area contributed by atoms with Crippen molar-refractivity contribution in [1.82, 2.24) is 14.5 Å². The van der Waals surface area contributed by atoms with Gasteiger partial charge in [0.05, 0.1) is 0 Å². The summed E-state index contributed by atoms with van der Waals surface area (Å²) in [5, 5.41) is 0. The maximum absolute atomic E-state index is 12.9. The lowest BCUT2D eigenvalue weighted by atomic mass is 10.2. The van der Waals surface area contributed by atoms with Gasteiger partial charge in [-0.2, -0.15) is 0 Å². The molecule has 0 aliphatic heterocycles. The van der Waals surface area contributed by atoms with E-state index >= 15 is 0 Å². The minimum absolute atomic E-state index is 0.00264. The lowest BCUT2D eigenvalue weighted by Crippen LogP contribution is -2.41. The number of nitrogens with one attached hydrogen (secondary N) is 1. The van der Waals surface area contributed by atoms with Crippen molar-refractivity contribution in [1.29, 1.82) is 0 Å². The number of carbonyl (C=O) groups is 1. The second-order valence-corrected chi connectivity index (χ2v) is 5.67. The average molecular weight is 345 g/mol. The molecule has 0 atom stereocenters. The Kier molecular flexibility index (Phi) is 6.10. The van der Waals surface area contributed by atoms with Crippen LogP contribution in [0.25, 0.3) is 0 Å². The van der Waals surface area contributed by atoms with E-state index in [1.54, 1.807) is 18.2 Å². The SMILES string of the molecule is CCCCN(C(=O)c1ccccn1)c1c(N)n(CCC)c(=O)[nH]c1=O. The number of nitrogens with zero attached hydrogens (tertiary/aromatic N) is 3. The number of rotatable bonds is 7. The number of anilines is 2. The third-order valence-electron chi connectivity index (χ3n) is 3.80. The molecule has 0 aliphatic carbocycles. The smallest absolute Gasteiger partial charge is 0.330 e. The standard InChI is InChI=1S/C17H23N5O3/c1-3-5-11-21(16(24)12-8-6-7-9-19-12)13-14(18)22(10-4-2)17(25)20-15(13)23/h6-9H,3-5,10-11,18H2,1-2H3,(H,20,23,25). The Morgan fingerprint density at radius 3 is 2.64 bits per heavy atom. The van der Waals surface area contributed by atoms with Crippen LogP contribution in [0.3, 0.4) is 0 Å². The minimum atomic E-state index is -0.671. The number of aromatic amines is 1. The van der Waals surface area contributed by atoms with E-state index < -0.39 is 17.2 Å². The van der Waals surface area contributed by atoms with Crippen molar-refractivity contribution in [2.75, 3.05) is 17.2 Å². The van der Waals surface area contributed by atoms with Crippen LogP contribution in [0, 0.1) is 0 Å². The van der Waals surface area contributed by atoms with Gasteiger partial charge in [-0.25, -0.2) is 4.79 Å². The molecule has 0 bridgehead atoms. The third-order valence-corrected chi connectivity index (χ3v) is 3.80. The van der Waals surface area contributed by atoms with Crippen LogP contribution in [-0.4, -0.2) is 27.0 Å². The number of nitrogens with two attached hydrogens (primary N) is 1. The molecule has 25 heavy (non-hydrogen) atoms. The summed E-state index contributed by atoms with van der Waals surface area (Å²) in [4.78, 5) is 44.9. The number of aromatic nitrogens is 3. The molecule has 2 rings (SSSR count). The van der Waals surface area contributed by atoms with E-state index in [1.165, 1.54) is 15.7 Å². The Morgan fingerprint density at radius 1 is 1.28 bits per heavy atom. The molecule has 2 heterocycles. The van der Waals surface area contributed by atoms with Gasteiger partial charge in [0, 0.05) is 19.3 Å². The number of hydrogen-bond donors (Lipinski definition) is 2.